The first-order valence-corrected chi connectivity index (χ1v) is 8.92. The summed E-state index contributed by atoms with van der Waals surface area (Å²) in [5, 5.41) is 4.63. The van der Waals surface area contributed by atoms with Crippen LogP contribution in [0, 0.1) is 4.77 Å². The lowest BCUT2D eigenvalue weighted by atomic mass is 10.2. The molecule has 1 N–H and O–H groups in total. The normalized spacial score (nSPS) is 15.6. The predicted molar refractivity (Wildman–Crippen MR) is 99.9 cm³/mol. The number of nitrogens with zero attached hydrogens (tertiary/aromatic N) is 4. The Morgan fingerprint density at radius 1 is 1.12 bits per heavy atom. The summed E-state index contributed by atoms with van der Waals surface area (Å²) >= 11 is 5.55. The summed E-state index contributed by atoms with van der Waals surface area (Å²) in [6.45, 7) is 5.02. The molecule has 1 aliphatic rings. The Kier molecular flexibility index (Phi) is 4.42. The van der Waals surface area contributed by atoms with Gasteiger partial charge in [0.15, 0.2) is 12.3 Å². The van der Waals surface area contributed by atoms with Gasteiger partial charge < -0.3 is 14.5 Å². The van der Waals surface area contributed by atoms with Crippen LogP contribution in [0.4, 0.5) is 5.69 Å². The molecule has 0 radical (unpaired) electrons. The molecule has 0 aliphatic carbocycles. The molecule has 1 aliphatic heterocycles. The van der Waals surface area contributed by atoms with Gasteiger partial charge in [-0.1, -0.05) is 6.07 Å². The maximum atomic E-state index is 5.55. The molecule has 6 nitrogen and oxygen atoms in total. The van der Waals surface area contributed by atoms with Crippen molar-refractivity contribution in [1.29, 1.82) is 0 Å². The van der Waals surface area contributed by atoms with E-state index in [0.29, 0.717) is 0 Å². The fourth-order valence-electron chi connectivity index (χ4n) is 3.32. The van der Waals surface area contributed by atoms with Gasteiger partial charge in [-0.15, -0.1) is 5.10 Å². The molecule has 0 amide bonds. The first-order valence-electron chi connectivity index (χ1n) is 8.51. The maximum Gasteiger partial charge on any atom is 0.207 e. The number of ether oxygens (including phenoxy) is 1. The second-order valence-electron chi connectivity index (χ2n) is 6.30. The van der Waals surface area contributed by atoms with Gasteiger partial charge >= 0.3 is 0 Å². The molecule has 4 rings (SSSR count). The van der Waals surface area contributed by atoms with Gasteiger partial charge in [0.1, 0.15) is 5.75 Å². The molecule has 25 heavy (non-hydrogen) atoms. The molecule has 0 saturated carbocycles. The average Bonchev–Trinajstić information content (AvgIpc) is 2.98. The molecule has 0 unspecified atom stereocenters. The second kappa shape index (κ2) is 6.85. The number of benzene rings is 1. The summed E-state index contributed by atoms with van der Waals surface area (Å²) in [4.78, 5) is 3.93. The van der Waals surface area contributed by atoms with Crippen molar-refractivity contribution in [3.05, 3.63) is 53.4 Å². The van der Waals surface area contributed by atoms with Crippen LogP contribution >= 0.6 is 12.2 Å². The fraction of sp³-hybridized carbons (Fsp3) is 0.333. The third kappa shape index (κ3) is 3.25. The number of rotatable bonds is 4. The molecule has 0 spiro atoms. The van der Waals surface area contributed by atoms with Crippen molar-refractivity contribution < 1.29 is 9.64 Å². The smallest absolute Gasteiger partial charge is 0.207 e. The Morgan fingerprint density at radius 2 is 1.88 bits per heavy atom. The van der Waals surface area contributed by atoms with E-state index >= 15 is 0 Å². The fourth-order valence-corrected chi connectivity index (χ4v) is 3.57. The number of piperazine rings is 1. The van der Waals surface area contributed by atoms with Crippen LogP contribution in [-0.2, 0) is 6.67 Å². The van der Waals surface area contributed by atoms with E-state index in [2.05, 4.69) is 22.1 Å². The first kappa shape index (κ1) is 16.1. The highest BCUT2D eigenvalue weighted by molar-refractivity contribution is 7.71. The minimum absolute atomic E-state index is 0.765. The van der Waals surface area contributed by atoms with Crippen molar-refractivity contribution in [2.75, 3.05) is 38.2 Å². The van der Waals surface area contributed by atoms with Gasteiger partial charge in [-0.25, -0.2) is 0 Å². The zero-order valence-electron chi connectivity index (χ0n) is 14.3. The summed E-state index contributed by atoms with van der Waals surface area (Å²) < 4.78 is 9.90. The summed E-state index contributed by atoms with van der Waals surface area (Å²) in [5.74, 6) is 0.897. The van der Waals surface area contributed by atoms with E-state index in [0.717, 1.165) is 49.0 Å². The van der Waals surface area contributed by atoms with Crippen LogP contribution < -0.4 is 14.5 Å². The number of hydrogen-bond acceptors (Lipinski definition) is 4. The molecular weight excluding hydrogens is 334 g/mol. The minimum atomic E-state index is 0.765. The molecule has 2 aromatic heterocycles. The standard InChI is InChI=1S/C18H21N5OS/c1-24-16-7-5-15(6-8-16)21-12-10-20(11-13-21)14-23-18(25)22-9-3-2-4-17(22)19-23/h2-9H,10-14H2,1H3/p+1. The van der Waals surface area contributed by atoms with Crippen molar-refractivity contribution >= 4 is 23.6 Å². The molecule has 130 valence electrons. The monoisotopic (exact) mass is 356 g/mol. The number of aromatic nitrogens is 3. The highest BCUT2D eigenvalue weighted by Crippen LogP contribution is 2.18. The Morgan fingerprint density at radius 3 is 2.56 bits per heavy atom. The van der Waals surface area contributed by atoms with Gasteiger partial charge in [-0.05, 0) is 48.6 Å². The van der Waals surface area contributed by atoms with E-state index in [-0.39, 0.29) is 0 Å². The van der Waals surface area contributed by atoms with Gasteiger partial charge in [0, 0.05) is 11.9 Å². The van der Waals surface area contributed by atoms with E-state index in [1.165, 1.54) is 10.6 Å². The number of fused-ring (bicyclic) bond motifs is 1. The molecule has 1 saturated heterocycles. The Bertz CT molecular complexity index is 909. The topological polar surface area (TPSA) is 39.1 Å². The minimum Gasteiger partial charge on any atom is -0.497 e. The van der Waals surface area contributed by atoms with Crippen molar-refractivity contribution in [2.24, 2.45) is 0 Å². The highest BCUT2D eigenvalue weighted by Gasteiger charge is 2.21. The summed E-state index contributed by atoms with van der Waals surface area (Å²) in [6.07, 6.45) is 1.97. The van der Waals surface area contributed by atoms with Gasteiger partial charge in [-0.3, -0.25) is 4.40 Å². The van der Waals surface area contributed by atoms with E-state index in [1.54, 1.807) is 7.11 Å². The van der Waals surface area contributed by atoms with Crippen molar-refractivity contribution in [3.63, 3.8) is 0 Å². The van der Waals surface area contributed by atoms with Crippen LogP contribution in [0.25, 0.3) is 5.65 Å². The lowest BCUT2D eigenvalue weighted by molar-refractivity contribution is -0.924. The number of hydrogen-bond donors (Lipinski definition) is 1. The van der Waals surface area contributed by atoms with Crippen LogP contribution in [-0.4, -0.2) is 47.5 Å². The second-order valence-corrected chi connectivity index (χ2v) is 6.67. The van der Waals surface area contributed by atoms with Crippen LogP contribution in [0.2, 0.25) is 0 Å². The number of anilines is 1. The Balaban J connectivity index is 1.41. The molecule has 0 bridgehead atoms. The Hall–Kier alpha value is -2.38. The molecule has 3 heterocycles. The van der Waals surface area contributed by atoms with E-state index < -0.39 is 0 Å². The van der Waals surface area contributed by atoms with Crippen LogP contribution in [0.5, 0.6) is 5.75 Å². The quantitative estimate of drug-likeness (QED) is 0.714. The molecular formula is C18H22N5OS+. The number of nitrogens with one attached hydrogen (secondary N) is 1. The number of methoxy groups -OCH3 is 1. The third-order valence-corrected chi connectivity index (χ3v) is 5.18. The highest BCUT2D eigenvalue weighted by atomic mass is 32.1. The summed E-state index contributed by atoms with van der Waals surface area (Å²) in [5.41, 5.74) is 2.16. The summed E-state index contributed by atoms with van der Waals surface area (Å²) in [6, 6.07) is 14.2. The van der Waals surface area contributed by atoms with Crippen molar-refractivity contribution in [2.45, 2.75) is 6.67 Å². The van der Waals surface area contributed by atoms with Gasteiger partial charge in [0.05, 0.1) is 33.3 Å². The average molecular weight is 356 g/mol. The lowest BCUT2D eigenvalue weighted by Crippen LogP contribution is -3.14. The van der Waals surface area contributed by atoms with Crippen molar-refractivity contribution in [3.8, 4) is 5.75 Å². The van der Waals surface area contributed by atoms with E-state index in [1.807, 2.05) is 45.6 Å². The van der Waals surface area contributed by atoms with Crippen LogP contribution in [0.15, 0.2) is 48.7 Å². The van der Waals surface area contributed by atoms with E-state index in [4.69, 9.17) is 17.0 Å². The van der Waals surface area contributed by atoms with Gasteiger partial charge in [-0.2, -0.15) is 4.68 Å². The van der Waals surface area contributed by atoms with Crippen LogP contribution in [0.1, 0.15) is 0 Å². The maximum absolute atomic E-state index is 5.55. The molecule has 7 heteroatoms. The van der Waals surface area contributed by atoms with Crippen molar-refractivity contribution in [1.82, 2.24) is 14.2 Å². The third-order valence-electron chi connectivity index (χ3n) is 4.77. The number of quaternary nitrogens is 1. The van der Waals surface area contributed by atoms with Gasteiger partial charge in [0.25, 0.3) is 0 Å². The zero-order chi connectivity index (χ0) is 17.2. The first-order chi connectivity index (χ1) is 12.2. The van der Waals surface area contributed by atoms with Gasteiger partial charge in [0.2, 0.25) is 4.77 Å². The van der Waals surface area contributed by atoms with Crippen LogP contribution in [0.3, 0.4) is 0 Å². The Labute approximate surface area is 151 Å². The van der Waals surface area contributed by atoms with E-state index in [9.17, 15) is 0 Å². The summed E-state index contributed by atoms with van der Waals surface area (Å²) in [7, 11) is 1.70. The predicted octanol–water partition coefficient (Wildman–Crippen LogP) is 1.24. The largest absolute Gasteiger partial charge is 0.497 e. The zero-order valence-corrected chi connectivity index (χ0v) is 15.1. The molecule has 1 aromatic carbocycles. The lowest BCUT2D eigenvalue weighted by Gasteiger charge is -2.33. The molecule has 3 aromatic rings. The molecule has 0 atom stereocenters. The number of pyridine rings is 1. The SMILES string of the molecule is COc1ccc(N2CC[NH+](Cn3nc4ccccn4c3=S)CC2)cc1. The molecule has 1 fully saturated rings.